The number of nitrogens with zero attached hydrogens (tertiary/aromatic N) is 1. The topological polar surface area (TPSA) is 60.0 Å². The van der Waals surface area contributed by atoms with E-state index in [2.05, 4.69) is 17.1 Å². The van der Waals surface area contributed by atoms with Gasteiger partial charge >= 0.3 is 6.09 Å². The Bertz CT molecular complexity index is 507. The van der Waals surface area contributed by atoms with Gasteiger partial charge in [-0.25, -0.2) is 4.79 Å². The number of hydrogen-bond donors (Lipinski definition) is 1. The van der Waals surface area contributed by atoms with E-state index in [1.807, 2.05) is 24.3 Å². The minimum atomic E-state index is -0.428. The van der Waals surface area contributed by atoms with E-state index in [0.717, 1.165) is 51.6 Å². The molecule has 0 unspecified atom stereocenters. The zero-order valence-corrected chi connectivity index (χ0v) is 17.1. The third-order valence-electron chi connectivity index (χ3n) is 4.36. The van der Waals surface area contributed by atoms with Gasteiger partial charge in [-0.1, -0.05) is 32.6 Å². The minimum absolute atomic E-state index is 0. The SMILES string of the molecule is CCCCCCCOc1ccc(NC(=O)OCCN2CCOCC2)cc1.Cl. The molecule has 0 aliphatic carbocycles. The van der Waals surface area contributed by atoms with Crippen LogP contribution in [0.15, 0.2) is 24.3 Å². The molecule has 1 saturated heterocycles. The van der Waals surface area contributed by atoms with Crippen LogP contribution in [0.3, 0.4) is 0 Å². The predicted molar refractivity (Wildman–Crippen MR) is 110 cm³/mol. The molecule has 0 aromatic heterocycles. The van der Waals surface area contributed by atoms with Crippen molar-refractivity contribution >= 4 is 24.2 Å². The van der Waals surface area contributed by atoms with Gasteiger partial charge in [-0.3, -0.25) is 10.2 Å². The second kappa shape index (κ2) is 14.5. The van der Waals surface area contributed by atoms with Gasteiger partial charge in [0.2, 0.25) is 0 Å². The van der Waals surface area contributed by atoms with E-state index in [1.165, 1.54) is 25.7 Å². The zero-order chi connectivity index (χ0) is 18.5. The Kier molecular flexibility index (Phi) is 12.7. The number of benzene rings is 1. The summed E-state index contributed by atoms with van der Waals surface area (Å²) in [6.45, 7) is 7.35. The molecule has 1 aromatic carbocycles. The molecule has 154 valence electrons. The summed E-state index contributed by atoms with van der Waals surface area (Å²) in [7, 11) is 0. The number of rotatable bonds is 11. The highest BCUT2D eigenvalue weighted by Gasteiger charge is 2.11. The van der Waals surface area contributed by atoms with Crippen molar-refractivity contribution in [3.05, 3.63) is 24.3 Å². The maximum atomic E-state index is 11.8. The number of unbranched alkanes of at least 4 members (excludes halogenated alkanes) is 4. The Balaban J connectivity index is 0.00000364. The van der Waals surface area contributed by atoms with Gasteiger partial charge in [0, 0.05) is 25.3 Å². The molecule has 2 rings (SSSR count). The lowest BCUT2D eigenvalue weighted by Crippen LogP contribution is -2.38. The Labute approximate surface area is 168 Å². The van der Waals surface area contributed by atoms with Gasteiger partial charge in [0.05, 0.1) is 19.8 Å². The third-order valence-corrected chi connectivity index (χ3v) is 4.36. The van der Waals surface area contributed by atoms with Crippen LogP contribution < -0.4 is 10.1 Å². The number of amides is 1. The summed E-state index contributed by atoms with van der Waals surface area (Å²) in [5.74, 6) is 0.826. The third kappa shape index (κ3) is 10.4. The lowest BCUT2D eigenvalue weighted by atomic mass is 10.2. The van der Waals surface area contributed by atoms with Crippen LogP contribution in [0.5, 0.6) is 5.75 Å². The van der Waals surface area contributed by atoms with Gasteiger partial charge in [0.15, 0.2) is 0 Å². The molecule has 1 heterocycles. The Morgan fingerprint density at radius 2 is 1.78 bits per heavy atom. The zero-order valence-electron chi connectivity index (χ0n) is 16.3. The lowest BCUT2D eigenvalue weighted by molar-refractivity contribution is 0.0290. The van der Waals surface area contributed by atoms with Crippen LogP contribution in [0.2, 0.25) is 0 Å². The van der Waals surface area contributed by atoms with Crippen molar-refractivity contribution in [2.24, 2.45) is 0 Å². The number of anilines is 1. The van der Waals surface area contributed by atoms with Crippen LogP contribution in [0, 0.1) is 0 Å². The quantitative estimate of drug-likeness (QED) is 0.560. The number of carbonyl (C=O) groups excluding carboxylic acids is 1. The largest absolute Gasteiger partial charge is 0.494 e. The fourth-order valence-electron chi connectivity index (χ4n) is 2.78. The average Bonchev–Trinajstić information content (AvgIpc) is 2.67. The predicted octanol–water partition coefficient (Wildman–Crippen LogP) is 4.34. The number of halogens is 1. The Morgan fingerprint density at radius 3 is 2.48 bits per heavy atom. The first-order valence-electron chi connectivity index (χ1n) is 9.74. The van der Waals surface area contributed by atoms with E-state index < -0.39 is 6.09 Å². The Hall–Kier alpha value is -1.50. The van der Waals surface area contributed by atoms with Gasteiger partial charge < -0.3 is 14.2 Å². The van der Waals surface area contributed by atoms with Gasteiger partial charge in [-0.15, -0.1) is 12.4 Å². The molecule has 1 aromatic rings. The van der Waals surface area contributed by atoms with Gasteiger partial charge in [-0.05, 0) is 30.7 Å². The van der Waals surface area contributed by atoms with Crippen molar-refractivity contribution in [1.82, 2.24) is 4.90 Å². The molecule has 0 saturated carbocycles. The van der Waals surface area contributed by atoms with Crippen LogP contribution in [-0.4, -0.2) is 57.1 Å². The summed E-state index contributed by atoms with van der Waals surface area (Å²) in [5, 5.41) is 2.74. The van der Waals surface area contributed by atoms with Gasteiger partial charge in [-0.2, -0.15) is 0 Å². The fraction of sp³-hybridized carbons (Fsp3) is 0.650. The summed E-state index contributed by atoms with van der Waals surface area (Å²) >= 11 is 0. The molecule has 0 bridgehead atoms. The summed E-state index contributed by atoms with van der Waals surface area (Å²) in [5.41, 5.74) is 0.705. The fourth-order valence-corrected chi connectivity index (χ4v) is 2.78. The summed E-state index contributed by atoms with van der Waals surface area (Å²) in [4.78, 5) is 14.1. The van der Waals surface area contributed by atoms with Crippen molar-refractivity contribution in [1.29, 1.82) is 0 Å². The van der Waals surface area contributed by atoms with Gasteiger partial charge in [0.1, 0.15) is 12.4 Å². The molecule has 0 spiro atoms. The molecule has 0 radical (unpaired) electrons. The molecular formula is C20H33ClN2O4. The number of morpholine rings is 1. The lowest BCUT2D eigenvalue weighted by Gasteiger charge is -2.26. The van der Waals surface area contributed by atoms with E-state index in [1.54, 1.807) is 0 Å². The van der Waals surface area contributed by atoms with E-state index in [4.69, 9.17) is 14.2 Å². The van der Waals surface area contributed by atoms with Crippen molar-refractivity contribution < 1.29 is 19.0 Å². The van der Waals surface area contributed by atoms with Crippen molar-refractivity contribution in [3.8, 4) is 5.75 Å². The summed E-state index contributed by atoms with van der Waals surface area (Å²) in [6.07, 6.45) is 5.69. The second-order valence-corrected chi connectivity index (χ2v) is 6.50. The standard InChI is InChI=1S/C20H32N2O4.ClH/c1-2-3-4-5-6-14-25-19-9-7-18(8-10-19)21-20(23)26-17-13-22-11-15-24-16-12-22;/h7-10H,2-6,11-17H2,1H3,(H,21,23);1H. The number of carbonyl (C=O) groups is 1. The maximum absolute atomic E-state index is 11.8. The van der Waals surface area contributed by atoms with Crippen LogP contribution >= 0.6 is 12.4 Å². The molecule has 0 atom stereocenters. The number of ether oxygens (including phenoxy) is 3. The first kappa shape index (κ1) is 23.5. The van der Waals surface area contributed by atoms with Gasteiger partial charge in [0.25, 0.3) is 0 Å². The van der Waals surface area contributed by atoms with E-state index in [0.29, 0.717) is 12.3 Å². The first-order valence-corrected chi connectivity index (χ1v) is 9.74. The molecule has 1 aliphatic rings. The summed E-state index contributed by atoms with van der Waals surface area (Å²) < 4.78 is 16.2. The molecule has 1 fully saturated rings. The Morgan fingerprint density at radius 1 is 1.07 bits per heavy atom. The van der Waals surface area contributed by atoms with E-state index in [-0.39, 0.29) is 12.4 Å². The molecule has 1 N–H and O–H groups in total. The normalized spacial score (nSPS) is 14.3. The van der Waals surface area contributed by atoms with Crippen molar-refractivity contribution in [2.75, 3.05) is 51.4 Å². The van der Waals surface area contributed by atoms with Crippen molar-refractivity contribution in [3.63, 3.8) is 0 Å². The molecule has 6 nitrogen and oxygen atoms in total. The van der Waals surface area contributed by atoms with Crippen LogP contribution in [0.1, 0.15) is 39.0 Å². The maximum Gasteiger partial charge on any atom is 0.411 e. The highest BCUT2D eigenvalue weighted by molar-refractivity contribution is 5.85. The average molecular weight is 401 g/mol. The molecule has 1 aliphatic heterocycles. The van der Waals surface area contributed by atoms with E-state index >= 15 is 0 Å². The minimum Gasteiger partial charge on any atom is -0.494 e. The van der Waals surface area contributed by atoms with Crippen LogP contribution in [-0.2, 0) is 9.47 Å². The smallest absolute Gasteiger partial charge is 0.411 e. The molecule has 7 heteroatoms. The highest BCUT2D eigenvalue weighted by atomic mass is 35.5. The highest BCUT2D eigenvalue weighted by Crippen LogP contribution is 2.16. The van der Waals surface area contributed by atoms with Crippen LogP contribution in [0.4, 0.5) is 10.5 Å². The summed E-state index contributed by atoms with van der Waals surface area (Å²) in [6, 6.07) is 7.40. The molecule has 27 heavy (non-hydrogen) atoms. The first-order chi connectivity index (χ1) is 12.8. The number of nitrogens with one attached hydrogen (secondary N) is 1. The van der Waals surface area contributed by atoms with Crippen molar-refractivity contribution in [2.45, 2.75) is 39.0 Å². The van der Waals surface area contributed by atoms with E-state index in [9.17, 15) is 4.79 Å². The monoisotopic (exact) mass is 400 g/mol. The van der Waals surface area contributed by atoms with Crippen LogP contribution in [0.25, 0.3) is 0 Å². The molecular weight excluding hydrogens is 368 g/mol. The molecule has 1 amide bonds. The second-order valence-electron chi connectivity index (χ2n) is 6.50. The number of hydrogen-bond acceptors (Lipinski definition) is 5.